The maximum absolute atomic E-state index is 13.1. The Hall–Kier alpha value is -3.25. The molecular weight excluding hydrogens is 399 g/mol. The molecule has 10 nitrogen and oxygen atoms in total. The summed E-state index contributed by atoms with van der Waals surface area (Å²) in [7, 11) is 0. The summed E-state index contributed by atoms with van der Waals surface area (Å²) in [4.78, 5) is 26.5. The van der Waals surface area contributed by atoms with Gasteiger partial charge in [-0.15, -0.1) is 0 Å². The first-order valence-corrected chi connectivity index (χ1v) is 8.65. The van der Waals surface area contributed by atoms with Gasteiger partial charge in [-0.25, -0.2) is 0 Å². The highest BCUT2D eigenvalue weighted by Crippen LogP contribution is 2.47. The van der Waals surface area contributed by atoms with E-state index in [1.54, 1.807) is 0 Å². The zero-order chi connectivity index (χ0) is 21.5. The van der Waals surface area contributed by atoms with Gasteiger partial charge in [-0.05, 0) is 12.8 Å². The van der Waals surface area contributed by atoms with E-state index in [0.717, 1.165) is 0 Å². The zero-order valence-corrected chi connectivity index (χ0v) is 15.3. The molecule has 1 atom stereocenters. The van der Waals surface area contributed by atoms with E-state index < -0.39 is 44.7 Å². The van der Waals surface area contributed by atoms with Crippen molar-refractivity contribution in [3.63, 3.8) is 0 Å². The molecule has 2 heterocycles. The van der Waals surface area contributed by atoms with E-state index in [0.29, 0.717) is 30.9 Å². The Morgan fingerprint density at radius 3 is 2.24 bits per heavy atom. The molecule has 2 aromatic rings. The molecule has 1 saturated heterocycles. The summed E-state index contributed by atoms with van der Waals surface area (Å²) in [6.07, 6.45) is -4.07. The molecule has 0 aliphatic carbocycles. The number of nitro groups is 2. The molecule has 156 valence electrons. The van der Waals surface area contributed by atoms with E-state index in [1.165, 1.54) is 4.90 Å². The molecule has 0 radical (unpaired) electrons. The lowest BCUT2D eigenvalue weighted by molar-refractivity contribution is -0.393. The van der Waals surface area contributed by atoms with Crippen LogP contribution in [0.5, 0.6) is 0 Å². The Labute approximate surface area is 161 Å². The molecule has 0 bridgehead atoms. The standard InChI is InChI=1S/C16H16F3N5O5/c1-8(2)15-20-14(21-29-15)10-4-3-5-22(10)13-11(23(25)26)6-9(16(17,18)19)7-12(13)24(27)28/h6-8,10H,3-5H2,1-2H3. The number of benzene rings is 1. The first-order chi connectivity index (χ1) is 13.5. The van der Waals surface area contributed by atoms with Gasteiger partial charge in [-0.2, -0.15) is 18.2 Å². The average Bonchev–Trinajstić information content (AvgIpc) is 3.28. The first-order valence-electron chi connectivity index (χ1n) is 8.65. The monoisotopic (exact) mass is 415 g/mol. The van der Waals surface area contributed by atoms with Crippen LogP contribution in [0.3, 0.4) is 0 Å². The van der Waals surface area contributed by atoms with Crippen molar-refractivity contribution in [3.8, 4) is 0 Å². The molecule has 13 heteroatoms. The fourth-order valence-corrected chi connectivity index (χ4v) is 3.26. The number of anilines is 1. The summed E-state index contributed by atoms with van der Waals surface area (Å²) in [5, 5.41) is 26.9. The normalized spacial score (nSPS) is 17.2. The molecule has 1 aromatic heterocycles. The fourth-order valence-electron chi connectivity index (χ4n) is 3.26. The number of halogens is 3. The smallest absolute Gasteiger partial charge is 0.350 e. The summed E-state index contributed by atoms with van der Waals surface area (Å²) in [5.74, 6) is 0.416. The Balaban J connectivity index is 2.17. The van der Waals surface area contributed by atoms with Crippen molar-refractivity contribution >= 4 is 17.1 Å². The Kier molecular flexibility index (Phi) is 5.15. The van der Waals surface area contributed by atoms with Crippen molar-refractivity contribution in [3.05, 3.63) is 49.6 Å². The van der Waals surface area contributed by atoms with Crippen LogP contribution in [0.25, 0.3) is 0 Å². The van der Waals surface area contributed by atoms with E-state index in [2.05, 4.69) is 10.1 Å². The van der Waals surface area contributed by atoms with Crippen molar-refractivity contribution in [1.29, 1.82) is 0 Å². The lowest BCUT2D eigenvalue weighted by Crippen LogP contribution is -2.25. The van der Waals surface area contributed by atoms with Gasteiger partial charge in [-0.3, -0.25) is 20.2 Å². The SMILES string of the molecule is CC(C)c1nc(C2CCCN2c2c([N+](=O)[O-])cc(C(F)(F)F)cc2[N+](=O)[O-])no1. The summed E-state index contributed by atoms with van der Waals surface area (Å²) in [5.41, 5.74) is -3.94. The van der Waals surface area contributed by atoms with Gasteiger partial charge in [0.05, 0.1) is 21.5 Å². The van der Waals surface area contributed by atoms with Gasteiger partial charge in [0, 0.05) is 24.6 Å². The van der Waals surface area contributed by atoms with Gasteiger partial charge in [0.1, 0.15) is 0 Å². The first kappa shape index (κ1) is 20.5. The van der Waals surface area contributed by atoms with Gasteiger partial charge in [0.15, 0.2) is 11.5 Å². The molecule has 1 aromatic carbocycles. The summed E-state index contributed by atoms with van der Waals surface area (Å²) < 4.78 is 44.5. The molecular formula is C16H16F3N5O5. The van der Waals surface area contributed by atoms with E-state index in [-0.39, 0.29) is 18.3 Å². The maximum atomic E-state index is 13.1. The predicted molar refractivity (Wildman–Crippen MR) is 92.5 cm³/mol. The van der Waals surface area contributed by atoms with E-state index in [4.69, 9.17) is 4.52 Å². The van der Waals surface area contributed by atoms with Crippen molar-refractivity contribution in [2.24, 2.45) is 0 Å². The van der Waals surface area contributed by atoms with Gasteiger partial charge >= 0.3 is 6.18 Å². The molecule has 1 aliphatic heterocycles. The Morgan fingerprint density at radius 1 is 1.21 bits per heavy atom. The minimum Gasteiger partial charge on any atom is -0.350 e. The number of nitrogens with zero attached hydrogens (tertiary/aromatic N) is 5. The molecule has 29 heavy (non-hydrogen) atoms. The predicted octanol–water partition coefficient (Wildman–Crippen LogP) is 4.37. The molecule has 1 fully saturated rings. The van der Waals surface area contributed by atoms with Gasteiger partial charge < -0.3 is 9.42 Å². The molecule has 0 N–H and O–H groups in total. The van der Waals surface area contributed by atoms with Gasteiger partial charge in [0.2, 0.25) is 5.89 Å². The van der Waals surface area contributed by atoms with Crippen LogP contribution in [0, 0.1) is 20.2 Å². The number of nitro benzene ring substituents is 2. The Morgan fingerprint density at radius 2 is 1.79 bits per heavy atom. The highest BCUT2D eigenvalue weighted by molar-refractivity contribution is 5.77. The van der Waals surface area contributed by atoms with Crippen molar-refractivity contribution in [2.75, 3.05) is 11.4 Å². The van der Waals surface area contributed by atoms with E-state index in [1.807, 2.05) is 13.8 Å². The highest BCUT2D eigenvalue weighted by atomic mass is 19.4. The number of hydrogen-bond donors (Lipinski definition) is 0. The molecule has 3 rings (SSSR count). The minimum absolute atomic E-state index is 0.0826. The van der Waals surface area contributed by atoms with Gasteiger partial charge in [0.25, 0.3) is 11.4 Å². The topological polar surface area (TPSA) is 128 Å². The number of aromatic nitrogens is 2. The van der Waals surface area contributed by atoms with Gasteiger partial charge in [-0.1, -0.05) is 19.0 Å². The van der Waals surface area contributed by atoms with Crippen LogP contribution in [0.15, 0.2) is 16.7 Å². The lowest BCUT2D eigenvalue weighted by atomic mass is 10.1. The summed E-state index contributed by atoms with van der Waals surface area (Å²) in [6.45, 7) is 3.79. The second-order valence-electron chi connectivity index (χ2n) is 6.87. The average molecular weight is 415 g/mol. The summed E-state index contributed by atoms with van der Waals surface area (Å²) in [6, 6.07) is -0.0681. The Bertz CT molecular complexity index is 924. The van der Waals surface area contributed by atoms with Crippen molar-refractivity contribution < 1.29 is 27.5 Å². The van der Waals surface area contributed by atoms with E-state index >= 15 is 0 Å². The van der Waals surface area contributed by atoms with E-state index in [9.17, 15) is 33.4 Å². The maximum Gasteiger partial charge on any atom is 0.416 e. The molecule has 1 unspecified atom stereocenters. The number of rotatable bonds is 5. The third-order valence-corrected chi connectivity index (χ3v) is 4.58. The van der Waals surface area contributed by atoms with Crippen LogP contribution in [0.4, 0.5) is 30.2 Å². The third kappa shape index (κ3) is 3.84. The van der Waals surface area contributed by atoms with Crippen LogP contribution in [-0.2, 0) is 6.18 Å². The minimum atomic E-state index is -4.97. The van der Waals surface area contributed by atoms with Crippen LogP contribution >= 0.6 is 0 Å². The largest absolute Gasteiger partial charge is 0.416 e. The summed E-state index contributed by atoms with van der Waals surface area (Å²) >= 11 is 0. The van der Waals surface area contributed by atoms with Crippen LogP contribution < -0.4 is 4.90 Å². The molecule has 0 spiro atoms. The quantitative estimate of drug-likeness (QED) is 0.520. The van der Waals surface area contributed by atoms with Crippen molar-refractivity contribution in [2.45, 2.75) is 44.8 Å². The fraction of sp³-hybridized carbons (Fsp3) is 0.500. The highest BCUT2D eigenvalue weighted by Gasteiger charge is 2.42. The van der Waals surface area contributed by atoms with Crippen LogP contribution in [0.2, 0.25) is 0 Å². The number of hydrogen-bond acceptors (Lipinski definition) is 8. The second kappa shape index (κ2) is 7.29. The molecule has 1 aliphatic rings. The lowest BCUT2D eigenvalue weighted by Gasteiger charge is -2.24. The molecule has 0 saturated carbocycles. The van der Waals surface area contributed by atoms with Crippen LogP contribution in [0.1, 0.15) is 55.9 Å². The molecule has 0 amide bonds. The zero-order valence-electron chi connectivity index (χ0n) is 15.3. The van der Waals surface area contributed by atoms with Crippen molar-refractivity contribution in [1.82, 2.24) is 10.1 Å². The van der Waals surface area contributed by atoms with Crippen LogP contribution in [-0.4, -0.2) is 26.5 Å². The third-order valence-electron chi connectivity index (χ3n) is 4.58. The number of alkyl halides is 3. The second-order valence-corrected chi connectivity index (χ2v) is 6.87.